The molecule has 0 saturated heterocycles. The van der Waals surface area contributed by atoms with E-state index >= 15 is 0 Å². The number of phenols is 2. The summed E-state index contributed by atoms with van der Waals surface area (Å²) in [4.78, 5) is 23.3. The van der Waals surface area contributed by atoms with Crippen LogP contribution in [0.4, 0.5) is 0 Å². The van der Waals surface area contributed by atoms with E-state index in [0.717, 1.165) is 6.07 Å². The SMILES string of the molecule is CC(CC(=O)NC(C)C)=NNC(=O)c1ccc(O)cc1O. The van der Waals surface area contributed by atoms with E-state index in [9.17, 15) is 14.7 Å². The minimum Gasteiger partial charge on any atom is -0.508 e. The van der Waals surface area contributed by atoms with Gasteiger partial charge in [-0.2, -0.15) is 5.10 Å². The van der Waals surface area contributed by atoms with Gasteiger partial charge in [0.15, 0.2) is 0 Å². The highest BCUT2D eigenvalue weighted by molar-refractivity contribution is 6.01. The first kappa shape index (κ1) is 16.5. The van der Waals surface area contributed by atoms with Gasteiger partial charge in [0, 0.05) is 17.8 Å². The Morgan fingerprint density at radius 3 is 2.52 bits per heavy atom. The molecule has 4 N–H and O–H groups in total. The van der Waals surface area contributed by atoms with Gasteiger partial charge in [0.25, 0.3) is 5.91 Å². The third kappa shape index (κ3) is 5.52. The number of phenolic OH excluding ortho intramolecular Hbond substituents is 2. The molecule has 0 aromatic heterocycles. The van der Waals surface area contributed by atoms with Crippen LogP contribution in [0.3, 0.4) is 0 Å². The summed E-state index contributed by atoms with van der Waals surface area (Å²) in [6, 6.07) is 3.65. The minimum atomic E-state index is -0.629. The molecule has 0 aliphatic rings. The van der Waals surface area contributed by atoms with Gasteiger partial charge in [0.2, 0.25) is 5.91 Å². The normalized spacial score (nSPS) is 11.3. The van der Waals surface area contributed by atoms with E-state index < -0.39 is 5.91 Å². The summed E-state index contributed by atoms with van der Waals surface area (Å²) in [5.41, 5.74) is 2.66. The van der Waals surface area contributed by atoms with Crippen LogP contribution >= 0.6 is 0 Å². The van der Waals surface area contributed by atoms with Gasteiger partial charge in [-0.15, -0.1) is 0 Å². The number of nitrogens with one attached hydrogen (secondary N) is 2. The number of benzene rings is 1. The van der Waals surface area contributed by atoms with Crippen LogP contribution in [0.5, 0.6) is 11.5 Å². The molecule has 0 aliphatic heterocycles. The highest BCUT2D eigenvalue weighted by atomic mass is 16.3. The zero-order valence-corrected chi connectivity index (χ0v) is 12.2. The average molecular weight is 293 g/mol. The third-order valence-corrected chi connectivity index (χ3v) is 2.44. The zero-order valence-electron chi connectivity index (χ0n) is 12.2. The Labute approximate surface area is 122 Å². The van der Waals surface area contributed by atoms with Crippen molar-refractivity contribution in [3.05, 3.63) is 23.8 Å². The topological polar surface area (TPSA) is 111 Å². The Morgan fingerprint density at radius 1 is 1.29 bits per heavy atom. The molecular weight excluding hydrogens is 274 g/mol. The molecule has 2 amide bonds. The van der Waals surface area contributed by atoms with E-state index in [0.29, 0.717) is 5.71 Å². The van der Waals surface area contributed by atoms with Crippen molar-refractivity contribution >= 4 is 17.5 Å². The number of nitrogens with zero attached hydrogens (tertiary/aromatic N) is 1. The molecule has 1 rings (SSSR count). The molecule has 114 valence electrons. The van der Waals surface area contributed by atoms with E-state index in [-0.39, 0.29) is 35.4 Å². The van der Waals surface area contributed by atoms with Crippen molar-refractivity contribution in [2.24, 2.45) is 5.10 Å². The van der Waals surface area contributed by atoms with Gasteiger partial charge in [-0.1, -0.05) is 0 Å². The summed E-state index contributed by atoms with van der Waals surface area (Å²) in [6.45, 7) is 5.30. The van der Waals surface area contributed by atoms with E-state index in [1.54, 1.807) is 6.92 Å². The number of aromatic hydroxyl groups is 2. The van der Waals surface area contributed by atoms with Crippen molar-refractivity contribution < 1.29 is 19.8 Å². The summed E-state index contributed by atoms with van der Waals surface area (Å²) in [5, 5.41) is 25.2. The molecule has 0 heterocycles. The number of carbonyl (C=O) groups excluding carboxylic acids is 2. The van der Waals surface area contributed by atoms with Crippen LogP contribution in [0.1, 0.15) is 37.6 Å². The first-order valence-corrected chi connectivity index (χ1v) is 6.44. The number of carbonyl (C=O) groups is 2. The molecule has 7 nitrogen and oxygen atoms in total. The molecule has 0 aliphatic carbocycles. The number of hydrazone groups is 1. The highest BCUT2D eigenvalue weighted by Crippen LogP contribution is 2.22. The Hall–Kier alpha value is -2.57. The van der Waals surface area contributed by atoms with Crippen molar-refractivity contribution in [1.29, 1.82) is 0 Å². The number of amides is 2. The van der Waals surface area contributed by atoms with E-state index in [4.69, 9.17) is 5.11 Å². The van der Waals surface area contributed by atoms with Gasteiger partial charge in [-0.05, 0) is 32.9 Å². The summed E-state index contributed by atoms with van der Waals surface area (Å²) >= 11 is 0. The predicted molar refractivity (Wildman–Crippen MR) is 78.2 cm³/mol. The van der Waals surface area contributed by atoms with E-state index in [1.807, 2.05) is 13.8 Å². The Kier molecular flexibility index (Phi) is 5.71. The lowest BCUT2D eigenvalue weighted by Gasteiger charge is -2.08. The maximum Gasteiger partial charge on any atom is 0.275 e. The number of hydrogen-bond donors (Lipinski definition) is 4. The molecule has 0 atom stereocenters. The first-order valence-electron chi connectivity index (χ1n) is 6.44. The fraction of sp³-hybridized carbons (Fsp3) is 0.357. The lowest BCUT2D eigenvalue weighted by Crippen LogP contribution is -2.31. The number of rotatable bonds is 5. The van der Waals surface area contributed by atoms with Gasteiger partial charge in [-0.3, -0.25) is 9.59 Å². The molecule has 0 unspecified atom stereocenters. The second kappa shape index (κ2) is 7.28. The molecule has 21 heavy (non-hydrogen) atoms. The fourth-order valence-electron chi connectivity index (χ4n) is 1.56. The quantitative estimate of drug-likeness (QED) is 0.481. The zero-order chi connectivity index (χ0) is 16.0. The molecule has 0 spiro atoms. The molecule has 1 aromatic rings. The predicted octanol–water partition coefficient (Wildman–Crippen LogP) is 1.12. The van der Waals surface area contributed by atoms with Crippen molar-refractivity contribution in [2.45, 2.75) is 33.2 Å². The molecule has 0 fully saturated rings. The monoisotopic (exact) mass is 293 g/mol. The van der Waals surface area contributed by atoms with E-state index in [2.05, 4.69) is 15.8 Å². The average Bonchev–Trinajstić information content (AvgIpc) is 2.34. The number of hydrogen-bond acceptors (Lipinski definition) is 5. The van der Waals surface area contributed by atoms with Gasteiger partial charge in [0.1, 0.15) is 11.5 Å². The summed E-state index contributed by atoms with van der Waals surface area (Å²) in [7, 11) is 0. The molecule has 1 aromatic carbocycles. The smallest absolute Gasteiger partial charge is 0.275 e. The van der Waals surface area contributed by atoms with Crippen LogP contribution in [0, 0.1) is 0 Å². The van der Waals surface area contributed by atoms with Crippen molar-refractivity contribution in [3.63, 3.8) is 0 Å². The lowest BCUT2D eigenvalue weighted by molar-refractivity contribution is -0.120. The second-order valence-corrected chi connectivity index (χ2v) is 4.89. The van der Waals surface area contributed by atoms with Gasteiger partial charge in [0.05, 0.1) is 12.0 Å². The Balaban J connectivity index is 2.62. The molecular formula is C14H19N3O4. The van der Waals surface area contributed by atoms with Crippen molar-refractivity contribution in [1.82, 2.24) is 10.7 Å². The van der Waals surface area contributed by atoms with Crippen molar-refractivity contribution in [2.75, 3.05) is 0 Å². The summed E-state index contributed by atoms with van der Waals surface area (Å²) in [5.74, 6) is -1.31. The second-order valence-electron chi connectivity index (χ2n) is 4.89. The van der Waals surface area contributed by atoms with Crippen LogP contribution in [0.2, 0.25) is 0 Å². The summed E-state index contributed by atoms with van der Waals surface area (Å²) in [6.07, 6.45) is 0.0695. The van der Waals surface area contributed by atoms with Crippen LogP contribution in [-0.2, 0) is 4.79 Å². The largest absolute Gasteiger partial charge is 0.508 e. The van der Waals surface area contributed by atoms with Crippen LogP contribution < -0.4 is 10.7 Å². The standard InChI is InChI=1S/C14H19N3O4/c1-8(2)15-13(20)6-9(3)16-17-14(21)11-5-4-10(18)7-12(11)19/h4-5,7-8,18-19H,6H2,1-3H3,(H,15,20)(H,17,21). The molecule has 0 radical (unpaired) electrons. The van der Waals surface area contributed by atoms with Gasteiger partial charge in [-0.25, -0.2) is 5.43 Å². The lowest BCUT2D eigenvalue weighted by atomic mass is 10.2. The molecule has 0 saturated carbocycles. The maximum absolute atomic E-state index is 11.8. The molecule has 7 heteroatoms. The first-order chi connectivity index (χ1) is 9.79. The van der Waals surface area contributed by atoms with Crippen molar-refractivity contribution in [3.8, 4) is 11.5 Å². The third-order valence-electron chi connectivity index (χ3n) is 2.44. The van der Waals surface area contributed by atoms with Crippen LogP contribution in [0.15, 0.2) is 23.3 Å². The van der Waals surface area contributed by atoms with Crippen LogP contribution in [-0.4, -0.2) is 33.8 Å². The Morgan fingerprint density at radius 2 is 1.95 bits per heavy atom. The Bertz CT molecular complexity index is 567. The van der Waals surface area contributed by atoms with Gasteiger partial charge < -0.3 is 15.5 Å². The fourth-order valence-corrected chi connectivity index (χ4v) is 1.56. The van der Waals surface area contributed by atoms with Crippen LogP contribution in [0.25, 0.3) is 0 Å². The van der Waals surface area contributed by atoms with Gasteiger partial charge >= 0.3 is 0 Å². The maximum atomic E-state index is 11.8. The minimum absolute atomic E-state index is 0.0176. The highest BCUT2D eigenvalue weighted by Gasteiger charge is 2.11. The van der Waals surface area contributed by atoms with E-state index in [1.165, 1.54) is 12.1 Å². The molecule has 0 bridgehead atoms. The summed E-state index contributed by atoms with van der Waals surface area (Å²) < 4.78 is 0.